The highest BCUT2D eigenvalue weighted by atomic mass is 35.5. The zero-order valence-corrected chi connectivity index (χ0v) is 15.7. The van der Waals surface area contributed by atoms with Crippen molar-refractivity contribution < 1.29 is 14.6 Å². The van der Waals surface area contributed by atoms with Crippen LogP contribution in [0.4, 0.5) is 0 Å². The minimum Gasteiger partial charge on any atom is -0.504 e. The first-order chi connectivity index (χ1) is 12.1. The van der Waals surface area contributed by atoms with Crippen LogP contribution in [0.15, 0.2) is 24.4 Å². The molecule has 2 N–H and O–H groups in total. The molecule has 1 fully saturated rings. The Bertz CT molecular complexity index is 746. The zero-order chi connectivity index (χ0) is 17.8. The third-order valence-electron chi connectivity index (χ3n) is 4.42. The molecule has 26 heavy (non-hydrogen) atoms. The van der Waals surface area contributed by atoms with Crippen molar-refractivity contribution in [2.45, 2.75) is 25.4 Å². The van der Waals surface area contributed by atoms with Crippen molar-refractivity contribution in [3.05, 3.63) is 35.7 Å². The van der Waals surface area contributed by atoms with E-state index >= 15 is 0 Å². The highest BCUT2D eigenvalue weighted by Gasteiger charge is 2.21. The topological polar surface area (TPSA) is 92.5 Å². The normalized spacial score (nSPS) is 14.5. The van der Waals surface area contributed by atoms with Crippen LogP contribution < -0.4 is 10.1 Å². The number of aromatic nitrogens is 3. The van der Waals surface area contributed by atoms with E-state index in [-0.39, 0.29) is 24.1 Å². The summed E-state index contributed by atoms with van der Waals surface area (Å²) in [7, 11) is 3.21. The predicted molar refractivity (Wildman–Crippen MR) is 98.9 cm³/mol. The maximum atomic E-state index is 12.6. The molecule has 1 aromatic carbocycles. The number of carbonyl (C=O) groups excluding carboxylic acids is 1. The minimum absolute atomic E-state index is 0. The Hall–Kier alpha value is -2.32. The van der Waals surface area contributed by atoms with Gasteiger partial charge in [0.15, 0.2) is 17.2 Å². The smallest absolute Gasteiger partial charge is 0.276 e. The van der Waals surface area contributed by atoms with Crippen LogP contribution in [0.3, 0.4) is 0 Å². The van der Waals surface area contributed by atoms with E-state index in [1.807, 2.05) is 0 Å². The molecule has 1 aliphatic rings. The Labute approximate surface area is 158 Å². The Morgan fingerprint density at radius 1 is 1.42 bits per heavy atom. The second-order valence-corrected chi connectivity index (χ2v) is 6.23. The van der Waals surface area contributed by atoms with Crippen molar-refractivity contribution in [1.82, 2.24) is 25.2 Å². The average molecular weight is 382 g/mol. The molecule has 2 aromatic rings. The lowest BCUT2D eigenvalue weighted by atomic mass is 10.1. The van der Waals surface area contributed by atoms with Crippen LogP contribution in [-0.4, -0.2) is 58.2 Å². The number of aromatic hydroxyl groups is 1. The Balaban J connectivity index is 0.00000243. The number of phenols is 1. The van der Waals surface area contributed by atoms with Gasteiger partial charge in [0.25, 0.3) is 5.91 Å². The summed E-state index contributed by atoms with van der Waals surface area (Å²) in [5, 5.41) is 21.1. The molecule has 0 saturated carbocycles. The van der Waals surface area contributed by atoms with Gasteiger partial charge in [-0.25, -0.2) is 4.68 Å². The summed E-state index contributed by atoms with van der Waals surface area (Å²) in [4.78, 5) is 14.2. The first-order valence-electron chi connectivity index (χ1n) is 8.32. The molecule has 0 spiro atoms. The molecule has 0 atom stereocenters. The summed E-state index contributed by atoms with van der Waals surface area (Å²) in [5.41, 5.74) is 1.20. The van der Waals surface area contributed by atoms with Crippen molar-refractivity contribution in [3.8, 4) is 11.5 Å². The highest BCUT2D eigenvalue weighted by molar-refractivity contribution is 5.91. The molecule has 1 saturated heterocycles. The number of piperidine rings is 1. The minimum atomic E-state index is -0.188. The maximum absolute atomic E-state index is 12.6. The molecule has 1 aliphatic heterocycles. The summed E-state index contributed by atoms with van der Waals surface area (Å²) >= 11 is 0. The fourth-order valence-electron chi connectivity index (χ4n) is 2.99. The average Bonchev–Trinajstić information content (AvgIpc) is 3.13. The molecule has 3 rings (SSSR count). The van der Waals surface area contributed by atoms with Crippen molar-refractivity contribution in [1.29, 1.82) is 0 Å². The van der Waals surface area contributed by atoms with Gasteiger partial charge >= 0.3 is 0 Å². The number of nitrogens with one attached hydrogen (secondary N) is 1. The van der Waals surface area contributed by atoms with E-state index in [1.165, 1.54) is 7.11 Å². The number of halogens is 1. The van der Waals surface area contributed by atoms with E-state index in [0.717, 1.165) is 31.5 Å². The molecule has 0 radical (unpaired) electrons. The third-order valence-corrected chi connectivity index (χ3v) is 4.42. The molecule has 142 valence electrons. The van der Waals surface area contributed by atoms with Gasteiger partial charge in [-0.05, 0) is 43.6 Å². The fourth-order valence-corrected chi connectivity index (χ4v) is 2.99. The van der Waals surface area contributed by atoms with Gasteiger partial charge in [0, 0.05) is 13.6 Å². The Morgan fingerprint density at radius 2 is 2.15 bits per heavy atom. The van der Waals surface area contributed by atoms with Crippen molar-refractivity contribution in [3.63, 3.8) is 0 Å². The molecule has 0 bridgehead atoms. The number of methoxy groups -OCH3 is 1. The first kappa shape index (κ1) is 20.0. The number of amides is 1. The number of carbonyl (C=O) groups is 1. The van der Waals surface area contributed by atoms with E-state index in [1.54, 1.807) is 41.0 Å². The predicted octanol–water partition coefficient (Wildman–Crippen LogP) is 1.61. The lowest BCUT2D eigenvalue weighted by molar-refractivity contribution is 0.0779. The van der Waals surface area contributed by atoms with Gasteiger partial charge in [0.05, 0.1) is 19.3 Å². The van der Waals surface area contributed by atoms with E-state index in [4.69, 9.17) is 4.74 Å². The molecule has 9 heteroatoms. The van der Waals surface area contributed by atoms with Gasteiger partial charge in [-0.2, -0.15) is 0 Å². The molecular formula is C17H24ClN5O3. The van der Waals surface area contributed by atoms with Gasteiger partial charge in [0.2, 0.25) is 0 Å². The molecule has 8 nitrogen and oxygen atoms in total. The lowest BCUT2D eigenvalue weighted by Gasteiger charge is -2.22. The van der Waals surface area contributed by atoms with Gasteiger partial charge in [-0.15, -0.1) is 17.5 Å². The quantitative estimate of drug-likeness (QED) is 0.817. The van der Waals surface area contributed by atoms with Crippen molar-refractivity contribution in [2.75, 3.05) is 27.2 Å². The monoisotopic (exact) mass is 381 g/mol. The van der Waals surface area contributed by atoms with E-state index in [9.17, 15) is 9.90 Å². The standard InChI is InChI=1S/C17H23N5O3.ClH/c1-21(10-12-3-4-15(23)16(9-12)25-2)17(24)14-11-22(20-19-14)13-5-7-18-8-6-13;/h3-4,9,11,13,18,23H,5-8,10H2,1-2H3;1H. The second-order valence-electron chi connectivity index (χ2n) is 6.23. The van der Waals surface area contributed by atoms with Crippen LogP contribution in [0.5, 0.6) is 11.5 Å². The van der Waals surface area contributed by atoms with Crippen LogP contribution in [0.25, 0.3) is 0 Å². The number of phenolic OH excluding ortho intramolecular Hbond substituents is 1. The largest absolute Gasteiger partial charge is 0.504 e. The molecule has 0 aliphatic carbocycles. The number of hydrogen-bond acceptors (Lipinski definition) is 6. The van der Waals surface area contributed by atoms with Crippen LogP contribution >= 0.6 is 12.4 Å². The molecule has 2 heterocycles. The summed E-state index contributed by atoms with van der Waals surface area (Å²) in [6, 6.07) is 5.32. The van der Waals surface area contributed by atoms with Crippen LogP contribution in [-0.2, 0) is 6.54 Å². The van der Waals surface area contributed by atoms with Crippen LogP contribution in [0, 0.1) is 0 Å². The third kappa shape index (κ3) is 4.44. The number of hydrogen-bond donors (Lipinski definition) is 2. The summed E-state index contributed by atoms with van der Waals surface area (Å²) in [6.45, 7) is 2.29. The van der Waals surface area contributed by atoms with Crippen molar-refractivity contribution in [2.24, 2.45) is 0 Å². The van der Waals surface area contributed by atoms with E-state index in [0.29, 0.717) is 24.0 Å². The summed E-state index contributed by atoms with van der Waals surface area (Å²) in [6.07, 6.45) is 3.70. The Morgan fingerprint density at radius 3 is 2.85 bits per heavy atom. The number of ether oxygens (including phenoxy) is 1. The maximum Gasteiger partial charge on any atom is 0.276 e. The van der Waals surface area contributed by atoms with E-state index < -0.39 is 0 Å². The highest BCUT2D eigenvalue weighted by Crippen LogP contribution is 2.26. The van der Waals surface area contributed by atoms with Gasteiger partial charge in [-0.3, -0.25) is 4.79 Å². The molecular weight excluding hydrogens is 358 g/mol. The summed E-state index contributed by atoms with van der Waals surface area (Å²) in [5.74, 6) is 0.271. The second kappa shape index (κ2) is 8.86. The van der Waals surface area contributed by atoms with E-state index in [2.05, 4.69) is 15.6 Å². The molecule has 1 aromatic heterocycles. The fraction of sp³-hybridized carbons (Fsp3) is 0.471. The molecule has 0 unspecified atom stereocenters. The number of nitrogens with zero attached hydrogens (tertiary/aromatic N) is 4. The zero-order valence-electron chi connectivity index (χ0n) is 14.9. The van der Waals surface area contributed by atoms with Gasteiger partial charge in [-0.1, -0.05) is 11.3 Å². The van der Waals surface area contributed by atoms with Crippen molar-refractivity contribution >= 4 is 18.3 Å². The molecule has 1 amide bonds. The SMILES string of the molecule is COc1cc(CN(C)C(=O)c2cn(C3CCNCC3)nn2)ccc1O.Cl. The first-order valence-corrected chi connectivity index (χ1v) is 8.32. The number of rotatable bonds is 5. The van der Waals surface area contributed by atoms with Crippen LogP contribution in [0.1, 0.15) is 34.9 Å². The lowest BCUT2D eigenvalue weighted by Crippen LogP contribution is -2.29. The summed E-state index contributed by atoms with van der Waals surface area (Å²) < 4.78 is 6.90. The van der Waals surface area contributed by atoms with Gasteiger partial charge in [0.1, 0.15) is 0 Å². The number of benzene rings is 1. The Kier molecular flexibility index (Phi) is 6.82. The van der Waals surface area contributed by atoms with Gasteiger partial charge < -0.3 is 20.1 Å². The van der Waals surface area contributed by atoms with Crippen LogP contribution in [0.2, 0.25) is 0 Å².